The molecule has 274 valence electrons. The van der Waals surface area contributed by atoms with Gasteiger partial charge in [0.25, 0.3) is 0 Å². The minimum absolute atomic E-state index is 0.684. The van der Waals surface area contributed by atoms with Crippen LogP contribution in [0.5, 0.6) is 11.5 Å². The van der Waals surface area contributed by atoms with E-state index in [4.69, 9.17) is 14.7 Å². The van der Waals surface area contributed by atoms with Gasteiger partial charge in [-0.05, 0) is 107 Å². The third-order valence-corrected chi connectivity index (χ3v) is 12.1. The number of nitrogens with zero attached hydrogens (tertiary/aromatic N) is 4. The summed E-state index contributed by atoms with van der Waals surface area (Å²) in [7, 11) is 0. The van der Waals surface area contributed by atoms with E-state index in [0.717, 1.165) is 61.6 Å². The maximum atomic E-state index is 6.26. The Morgan fingerprint density at radius 2 is 0.983 bits per heavy atom. The summed E-state index contributed by atoms with van der Waals surface area (Å²) in [6, 6.07) is 69.3. The summed E-state index contributed by atoms with van der Waals surface area (Å²) in [6.45, 7) is 0. The Kier molecular flexibility index (Phi) is 6.66. The number of rotatable bonds is 4. The van der Waals surface area contributed by atoms with Crippen molar-refractivity contribution in [3.63, 3.8) is 0 Å². The molecule has 13 rings (SSSR count). The van der Waals surface area contributed by atoms with Gasteiger partial charge in [0.1, 0.15) is 11.5 Å². The minimum Gasteiger partial charge on any atom is -0.456 e. The van der Waals surface area contributed by atoms with Crippen LogP contribution in [0, 0.1) is 0 Å². The molecule has 0 bridgehead atoms. The monoisotopic (exact) mass is 752 g/mol. The predicted octanol–water partition coefficient (Wildman–Crippen LogP) is 14.1. The Balaban J connectivity index is 0.945. The molecule has 9 aromatic carbocycles. The van der Waals surface area contributed by atoms with Gasteiger partial charge >= 0.3 is 0 Å². The smallest absolute Gasteiger partial charge is 0.160 e. The molecule has 0 aliphatic carbocycles. The highest BCUT2D eigenvalue weighted by Gasteiger charge is 2.23. The van der Waals surface area contributed by atoms with Gasteiger partial charge in [-0.15, -0.1) is 0 Å². The molecule has 0 fully saturated rings. The van der Waals surface area contributed by atoms with Gasteiger partial charge in [-0.25, -0.2) is 9.97 Å². The average molecular weight is 753 g/mol. The zero-order chi connectivity index (χ0) is 38.6. The molecule has 59 heavy (non-hydrogen) atoms. The van der Waals surface area contributed by atoms with Crippen LogP contribution in [0.15, 0.2) is 194 Å². The van der Waals surface area contributed by atoms with E-state index in [-0.39, 0.29) is 0 Å². The number of fused-ring (bicyclic) bond motifs is 9. The first-order valence-corrected chi connectivity index (χ1v) is 20.0. The van der Waals surface area contributed by atoms with Crippen LogP contribution in [0.4, 0.5) is 0 Å². The second kappa shape index (κ2) is 12.2. The lowest BCUT2D eigenvalue weighted by Gasteiger charge is -2.20. The van der Waals surface area contributed by atoms with Gasteiger partial charge in [0, 0.05) is 44.0 Å². The molecule has 3 aromatic heterocycles. The van der Waals surface area contributed by atoms with E-state index in [9.17, 15) is 0 Å². The van der Waals surface area contributed by atoms with E-state index in [0.29, 0.717) is 5.82 Å². The fourth-order valence-corrected chi connectivity index (χ4v) is 9.39. The summed E-state index contributed by atoms with van der Waals surface area (Å²) in [5, 5.41) is 8.32. The van der Waals surface area contributed by atoms with Crippen LogP contribution in [0.1, 0.15) is 0 Å². The van der Waals surface area contributed by atoms with Crippen molar-refractivity contribution in [3.8, 4) is 56.6 Å². The molecule has 0 radical (unpaired) electrons. The molecule has 0 saturated heterocycles. The molecule has 12 aromatic rings. The van der Waals surface area contributed by atoms with Crippen LogP contribution in [0.3, 0.4) is 0 Å². The van der Waals surface area contributed by atoms with Crippen LogP contribution in [-0.4, -0.2) is 19.1 Å². The standard InChI is InChI=1S/C54H32N4O/c1-2-12-34-29-39(26-23-33(34)11-1)58-47-20-7-4-16-41(47)44-32-36(25-28-49(44)58)35-24-27-48-43(31-35)40-15-3-6-19-46(40)57(48)38-14-9-13-37(30-38)54-55-45-18-10-22-51-52(45)53(56-54)42-17-5-8-21-50(42)59-51/h1-32H. The molecule has 0 unspecified atom stereocenters. The van der Waals surface area contributed by atoms with E-state index in [1.54, 1.807) is 0 Å². The van der Waals surface area contributed by atoms with Gasteiger partial charge in [0.2, 0.25) is 0 Å². The highest BCUT2D eigenvalue weighted by molar-refractivity contribution is 6.13. The maximum Gasteiger partial charge on any atom is 0.160 e. The fraction of sp³-hybridized carbons (Fsp3) is 0. The lowest BCUT2D eigenvalue weighted by atomic mass is 10.0. The predicted molar refractivity (Wildman–Crippen MR) is 242 cm³/mol. The molecule has 1 aliphatic rings. The van der Waals surface area contributed by atoms with E-state index < -0.39 is 0 Å². The topological polar surface area (TPSA) is 44.9 Å². The van der Waals surface area contributed by atoms with Crippen LogP contribution < -0.4 is 4.74 Å². The lowest BCUT2D eigenvalue weighted by Crippen LogP contribution is -2.02. The first-order chi connectivity index (χ1) is 29.2. The van der Waals surface area contributed by atoms with E-state index in [1.807, 2.05) is 36.4 Å². The number of hydrogen-bond donors (Lipinski definition) is 0. The second-order valence-corrected chi connectivity index (χ2v) is 15.4. The summed E-state index contributed by atoms with van der Waals surface area (Å²) in [5.41, 5.74) is 13.0. The van der Waals surface area contributed by atoms with Gasteiger partial charge in [-0.3, -0.25) is 0 Å². The van der Waals surface area contributed by atoms with Crippen molar-refractivity contribution in [2.24, 2.45) is 0 Å². The van der Waals surface area contributed by atoms with E-state index in [1.165, 1.54) is 54.5 Å². The van der Waals surface area contributed by atoms with Crippen LogP contribution in [0.25, 0.3) is 110 Å². The minimum atomic E-state index is 0.684. The van der Waals surface area contributed by atoms with E-state index in [2.05, 4.69) is 167 Å². The summed E-state index contributed by atoms with van der Waals surface area (Å²) in [5.74, 6) is 2.28. The van der Waals surface area contributed by atoms with Gasteiger partial charge in [0.15, 0.2) is 5.82 Å². The molecule has 0 N–H and O–H groups in total. The Morgan fingerprint density at radius 3 is 1.75 bits per heavy atom. The number of aromatic nitrogens is 4. The number of hydrogen-bond acceptors (Lipinski definition) is 3. The quantitative estimate of drug-likeness (QED) is 0.180. The average Bonchev–Trinajstić information content (AvgIpc) is 3.81. The van der Waals surface area contributed by atoms with Crippen LogP contribution >= 0.6 is 0 Å². The summed E-state index contributed by atoms with van der Waals surface area (Å²) < 4.78 is 11.0. The Bertz CT molecular complexity index is 3720. The number of benzene rings is 9. The number of para-hydroxylation sites is 3. The third kappa shape index (κ3) is 4.79. The molecule has 4 heterocycles. The molecular formula is C54H32N4O. The Hall–Kier alpha value is -8.02. The third-order valence-electron chi connectivity index (χ3n) is 12.1. The van der Waals surface area contributed by atoms with E-state index >= 15 is 0 Å². The Morgan fingerprint density at radius 1 is 0.373 bits per heavy atom. The SMILES string of the molecule is c1cc(-c2nc3c4c(cccc4n2)Oc2ccccc2-3)cc(-n2c3ccccc3c3cc(-c4ccc5c(c4)c4ccccc4n5-c4ccc5ccccc5c4)ccc32)c1. The van der Waals surface area contributed by atoms with Gasteiger partial charge in [0.05, 0.1) is 38.7 Å². The van der Waals surface area contributed by atoms with Gasteiger partial charge in [-0.1, -0.05) is 109 Å². The van der Waals surface area contributed by atoms with Crippen molar-refractivity contribution in [3.05, 3.63) is 194 Å². The van der Waals surface area contributed by atoms with Gasteiger partial charge in [-0.2, -0.15) is 0 Å². The molecule has 0 atom stereocenters. The Labute approximate surface area is 338 Å². The van der Waals surface area contributed by atoms with Crippen molar-refractivity contribution in [1.29, 1.82) is 0 Å². The highest BCUT2D eigenvalue weighted by atomic mass is 16.5. The normalized spacial score (nSPS) is 12.2. The first kappa shape index (κ1) is 32.1. The van der Waals surface area contributed by atoms with Crippen molar-refractivity contribution in [1.82, 2.24) is 19.1 Å². The maximum absolute atomic E-state index is 6.26. The molecule has 5 nitrogen and oxygen atoms in total. The molecule has 1 aliphatic heterocycles. The summed E-state index contributed by atoms with van der Waals surface area (Å²) >= 11 is 0. The van der Waals surface area contributed by atoms with Crippen molar-refractivity contribution < 1.29 is 4.74 Å². The molecule has 0 saturated carbocycles. The fourth-order valence-electron chi connectivity index (χ4n) is 9.39. The van der Waals surface area contributed by atoms with Crippen LogP contribution in [0.2, 0.25) is 0 Å². The highest BCUT2D eigenvalue weighted by Crippen LogP contribution is 2.46. The first-order valence-electron chi connectivity index (χ1n) is 20.0. The summed E-state index contributed by atoms with van der Waals surface area (Å²) in [4.78, 5) is 10.3. The molecular weight excluding hydrogens is 721 g/mol. The molecule has 0 amide bonds. The largest absolute Gasteiger partial charge is 0.456 e. The summed E-state index contributed by atoms with van der Waals surface area (Å²) in [6.07, 6.45) is 0. The zero-order valence-corrected chi connectivity index (χ0v) is 31.7. The lowest BCUT2D eigenvalue weighted by molar-refractivity contribution is 0.486. The van der Waals surface area contributed by atoms with Crippen molar-refractivity contribution >= 4 is 65.3 Å². The van der Waals surface area contributed by atoms with Crippen molar-refractivity contribution in [2.75, 3.05) is 0 Å². The molecule has 0 spiro atoms. The van der Waals surface area contributed by atoms with Crippen LogP contribution in [-0.2, 0) is 0 Å². The van der Waals surface area contributed by atoms with Gasteiger partial charge < -0.3 is 13.9 Å². The van der Waals surface area contributed by atoms with Crippen molar-refractivity contribution in [2.45, 2.75) is 0 Å². The second-order valence-electron chi connectivity index (χ2n) is 15.4. The zero-order valence-electron chi connectivity index (χ0n) is 31.7. The molecule has 5 heteroatoms. The number of ether oxygens (including phenoxy) is 1.